The van der Waals surface area contributed by atoms with Gasteiger partial charge in [-0.1, -0.05) is 26.2 Å². The molecule has 4 heteroatoms. The smallest absolute Gasteiger partial charge is 0.0534 e. The van der Waals surface area contributed by atoms with E-state index in [-0.39, 0.29) is 0 Å². The first-order valence-corrected chi connectivity index (χ1v) is 8.75. The average molecular weight is 290 g/mol. The second kappa shape index (κ2) is 6.49. The van der Waals surface area contributed by atoms with Gasteiger partial charge < -0.3 is 5.32 Å². The van der Waals surface area contributed by atoms with Crippen molar-refractivity contribution >= 4 is 0 Å². The van der Waals surface area contributed by atoms with Gasteiger partial charge in [0.1, 0.15) is 0 Å². The highest BCUT2D eigenvalue weighted by atomic mass is 15.3. The van der Waals surface area contributed by atoms with Crippen LogP contribution in [0.4, 0.5) is 0 Å². The molecular formula is C17H30N4. The van der Waals surface area contributed by atoms with Crippen LogP contribution in [0.25, 0.3) is 0 Å². The summed E-state index contributed by atoms with van der Waals surface area (Å²) in [6.45, 7) is 8.85. The molecule has 0 aromatic carbocycles. The van der Waals surface area contributed by atoms with Crippen LogP contribution in [0.3, 0.4) is 0 Å². The number of nitrogens with zero attached hydrogens (tertiary/aromatic N) is 3. The Kier molecular flexibility index (Phi) is 4.65. The Balaban J connectivity index is 1.70. The Bertz CT molecular complexity index is 447. The highest BCUT2D eigenvalue weighted by Crippen LogP contribution is 2.34. The summed E-state index contributed by atoms with van der Waals surface area (Å²) in [4.78, 5) is 2.72. The van der Waals surface area contributed by atoms with Crippen molar-refractivity contribution < 1.29 is 0 Å². The molecule has 1 aromatic heterocycles. The highest BCUT2D eigenvalue weighted by Gasteiger charge is 2.40. The van der Waals surface area contributed by atoms with Crippen molar-refractivity contribution in [1.82, 2.24) is 20.0 Å². The number of rotatable bonds is 5. The molecule has 1 unspecified atom stereocenters. The largest absolute Gasteiger partial charge is 0.308 e. The zero-order valence-electron chi connectivity index (χ0n) is 13.6. The van der Waals surface area contributed by atoms with E-state index in [0.717, 1.165) is 19.6 Å². The van der Waals surface area contributed by atoms with Crippen molar-refractivity contribution in [2.45, 2.75) is 77.0 Å². The van der Waals surface area contributed by atoms with E-state index in [1.54, 1.807) is 0 Å². The first kappa shape index (κ1) is 15.0. The van der Waals surface area contributed by atoms with Crippen LogP contribution in [-0.4, -0.2) is 39.4 Å². The van der Waals surface area contributed by atoms with Gasteiger partial charge in [-0.2, -0.15) is 5.10 Å². The van der Waals surface area contributed by atoms with E-state index in [0.29, 0.717) is 11.6 Å². The van der Waals surface area contributed by atoms with E-state index in [9.17, 15) is 0 Å². The molecule has 2 aliphatic rings. The van der Waals surface area contributed by atoms with Gasteiger partial charge in [0.15, 0.2) is 0 Å². The maximum Gasteiger partial charge on any atom is 0.0534 e. The molecule has 0 radical (unpaired) electrons. The minimum atomic E-state index is 0.408. The first-order chi connectivity index (χ1) is 10.2. The number of piperazine rings is 1. The lowest BCUT2D eigenvalue weighted by Gasteiger charge is -2.46. The molecule has 1 aliphatic heterocycles. The Hall–Kier alpha value is -0.870. The molecule has 0 amide bonds. The predicted molar refractivity (Wildman–Crippen MR) is 86.2 cm³/mol. The molecule has 1 aliphatic carbocycles. The summed E-state index contributed by atoms with van der Waals surface area (Å²) in [7, 11) is 0. The summed E-state index contributed by atoms with van der Waals surface area (Å²) >= 11 is 0. The molecule has 1 atom stereocenters. The predicted octanol–water partition coefficient (Wildman–Crippen LogP) is 2.79. The molecule has 1 aromatic rings. The van der Waals surface area contributed by atoms with Crippen molar-refractivity contribution in [1.29, 1.82) is 0 Å². The minimum absolute atomic E-state index is 0.408. The normalized spacial score (nSPS) is 25.7. The van der Waals surface area contributed by atoms with Crippen molar-refractivity contribution in [2.75, 3.05) is 13.1 Å². The molecule has 1 N–H and O–H groups in total. The summed E-state index contributed by atoms with van der Waals surface area (Å²) in [5.41, 5.74) is 1.78. The number of aromatic nitrogens is 2. The fraction of sp³-hybridized carbons (Fsp3) is 0.824. The summed E-state index contributed by atoms with van der Waals surface area (Å²) in [6.07, 6.45) is 12.3. The van der Waals surface area contributed by atoms with Crippen LogP contribution >= 0.6 is 0 Å². The van der Waals surface area contributed by atoms with E-state index in [1.807, 2.05) is 4.68 Å². The lowest BCUT2D eigenvalue weighted by atomic mass is 9.91. The molecule has 2 heterocycles. The van der Waals surface area contributed by atoms with E-state index in [2.05, 4.69) is 41.6 Å². The van der Waals surface area contributed by atoms with Gasteiger partial charge in [0.05, 0.1) is 6.20 Å². The van der Waals surface area contributed by atoms with Gasteiger partial charge in [0.25, 0.3) is 0 Å². The van der Waals surface area contributed by atoms with Gasteiger partial charge in [-0.25, -0.2) is 0 Å². The highest BCUT2D eigenvalue weighted by molar-refractivity contribution is 5.07. The van der Waals surface area contributed by atoms with Crippen molar-refractivity contribution in [3.8, 4) is 0 Å². The van der Waals surface area contributed by atoms with Crippen LogP contribution in [0.5, 0.6) is 0 Å². The SMILES string of the molecule is CCCC1CNC2(CCCC2)CN1Cc1cnn(CC)c1. The van der Waals surface area contributed by atoms with E-state index in [4.69, 9.17) is 0 Å². The number of hydrogen-bond acceptors (Lipinski definition) is 3. The van der Waals surface area contributed by atoms with Crippen LogP contribution in [0.1, 0.15) is 57.9 Å². The van der Waals surface area contributed by atoms with Crippen LogP contribution in [0.2, 0.25) is 0 Å². The Labute approximate surface area is 128 Å². The fourth-order valence-corrected chi connectivity index (χ4v) is 4.12. The van der Waals surface area contributed by atoms with Crippen LogP contribution in [-0.2, 0) is 13.1 Å². The lowest BCUT2D eigenvalue weighted by Crippen LogP contribution is -2.62. The molecule has 3 rings (SSSR count). The third kappa shape index (κ3) is 3.32. The maximum atomic E-state index is 4.43. The fourth-order valence-electron chi connectivity index (χ4n) is 4.12. The molecule has 1 spiro atoms. The number of hydrogen-bond donors (Lipinski definition) is 1. The Morgan fingerprint density at radius 1 is 1.33 bits per heavy atom. The van der Waals surface area contributed by atoms with Crippen LogP contribution in [0.15, 0.2) is 12.4 Å². The summed E-state index contributed by atoms with van der Waals surface area (Å²) in [6, 6.07) is 0.686. The second-order valence-corrected chi connectivity index (χ2v) is 6.92. The van der Waals surface area contributed by atoms with Gasteiger partial charge in [0.2, 0.25) is 0 Å². The van der Waals surface area contributed by atoms with Gasteiger partial charge in [-0.15, -0.1) is 0 Å². The minimum Gasteiger partial charge on any atom is -0.308 e. The molecular weight excluding hydrogens is 260 g/mol. The van der Waals surface area contributed by atoms with Crippen molar-refractivity contribution in [3.63, 3.8) is 0 Å². The zero-order valence-corrected chi connectivity index (χ0v) is 13.6. The van der Waals surface area contributed by atoms with Gasteiger partial charge in [0, 0.05) is 49.5 Å². The molecule has 2 fully saturated rings. The maximum absolute atomic E-state index is 4.43. The van der Waals surface area contributed by atoms with Gasteiger partial charge in [-0.3, -0.25) is 9.58 Å². The summed E-state index contributed by atoms with van der Waals surface area (Å²) in [5.74, 6) is 0. The van der Waals surface area contributed by atoms with Gasteiger partial charge in [-0.05, 0) is 26.2 Å². The second-order valence-electron chi connectivity index (χ2n) is 6.92. The number of nitrogens with one attached hydrogen (secondary N) is 1. The molecule has 118 valence electrons. The standard InChI is InChI=1S/C17H30N4/c1-3-7-16-11-18-17(8-5-6-9-17)14-20(16)12-15-10-19-21(4-2)13-15/h10,13,16,18H,3-9,11-12,14H2,1-2H3. The first-order valence-electron chi connectivity index (χ1n) is 8.75. The lowest BCUT2D eigenvalue weighted by molar-refractivity contribution is 0.0689. The topological polar surface area (TPSA) is 33.1 Å². The quantitative estimate of drug-likeness (QED) is 0.905. The van der Waals surface area contributed by atoms with Crippen molar-refractivity contribution in [2.24, 2.45) is 0 Å². The molecule has 0 bridgehead atoms. The molecule has 21 heavy (non-hydrogen) atoms. The summed E-state index contributed by atoms with van der Waals surface area (Å²) < 4.78 is 2.04. The third-order valence-electron chi connectivity index (χ3n) is 5.31. The third-order valence-corrected chi connectivity index (χ3v) is 5.31. The Morgan fingerprint density at radius 2 is 2.14 bits per heavy atom. The molecule has 1 saturated carbocycles. The van der Waals surface area contributed by atoms with E-state index in [1.165, 1.54) is 50.6 Å². The van der Waals surface area contributed by atoms with E-state index < -0.39 is 0 Å². The monoisotopic (exact) mass is 290 g/mol. The van der Waals surface area contributed by atoms with Crippen LogP contribution < -0.4 is 5.32 Å². The van der Waals surface area contributed by atoms with Crippen LogP contribution in [0, 0.1) is 0 Å². The van der Waals surface area contributed by atoms with Gasteiger partial charge >= 0.3 is 0 Å². The molecule has 4 nitrogen and oxygen atoms in total. The average Bonchev–Trinajstić information content (AvgIpc) is 3.12. The molecule has 1 saturated heterocycles. The van der Waals surface area contributed by atoms with E-state index >= 15 is 0 Å². The summed E-state index contributed by atoms with van der Waals surface area (Å²) in [5, 5.41) is 8.33. The van der Waals surface area contributed by atoms with Crippen molar-refractivity contribution in [3.05, 3.63) is 18.0 Å². The Morgan fingerprint density at radius 3 is 2.81 bits per heavy atom. The number of aryl methyl sites for hydroxylation is 1. The zero-order chi connectivity index (χ0) is 14.7.